The molecule has 0 saturated heterocycles. The number of nitrogens with one attached hydrogen (secondary N) is 1. The van der Waals surface area contributed by atoms with Crippen LogP contribution in [0.4, 0.5) is 4.79 Å². The van der Waals surface area contributed by atoms with E-state index in [9.17, 15) is 4.79 Å². The number of ether oxygens (including phenoxy) is 1. The number of nitrogens with zero attached hydrogens (tertiary/aromatic N) is 1. The molecule has 1 aliphatic rings. The van der Waals surface area contributed by atoms with E-state index in [1.54, 1.807) is 0 Å². The summed E-state index contributed by atoms with van der Waals surface area (Å²) in [6.07, 6.45) is 1.45. The van der Waals surface area contributed by atoms with Crippen LogP contribution in [0.1, 0.15) is 50.1 Å². The van der Waals surface area contributed by atoms with E-state index in [2.05, 4.69) is 22.6 Å². The summed E-state index contributed by atoms with van der Waals surface area (Å²) in [7, 11) is 0. The van der Waals surface area contributed by atoms with Crippen molar-refractivity contribution in [2.75, 3.05) is 0 Å². The van der Waals surface area contributed by atoms with E-state index in [4.69, 9.17) is 9.26 Å². The highest BCUT2D eigenvalue weighted by Gasteiger charge is 2.26. The normalized spacial score (nSPS) is 17.0. The van der Waals surface area contributed by atoms with E-state index in [1.165, 1.54) is 5.56 Å². The van der Waals surface area contributed by atoms with Gasteiger partial charge in [0.2, 0.25) is 0 Å². The summed E-state index contributed by atoms with van der Waals surface area (Å²) in [5.41, 5.74) is 3.79. The molecule has 1 aromatic carbocycles. The van der Waals surface area contributed by atoms with Gasteiger partial charge in [0.25, 0.3) is 0 Å². The Bertz CT molecular complexity index is 728. The molecule has 2 aromatic rings. The van der Waals surface area contributed by atoms with Gasteiger partial charge in [0.15, 0.2) is 0 Å². The first-order chi connectivity index (χ1) is 10.8. The summed E-state index contributed by atoms with van der Waals surface area (Å²) in [5.74, 6) is 0.796. The van der Waals surface area contributed by atoms with E-state index in [1.807, 2.05) is 39.8 Å². The highest BCUT2D eigenvalue weighted by molar-refractivity contribution is 5.69. The summed E-state index contributed by atoms with van der Waals surface area (Å²) < 4.78 is 10.5. The van der Waals surface area contributed by atoms with Crippen LogP contribution in [-0.2, 0) is 11.2 Å². The molecule has 1 amide bonds. The van der Waals surface area contributed by atoms with Gasteiger partial charge in [-0.05, 0) is 57.7 Å². The molecule has 1 aromatic heterocycles. The average Bonchev–Trinajstić information content (AvgIpc) is 3.03. The van der Waals surface area contributed by atoms with E-state index in [-0.39, 0.29) is 12.1 Å². The predicted molar refractivity (Wildman–Crippen MR) is 87.1 cm³/mol. The van der Waals surface area contributed by atoms with Crippen LogP contribution in [0.25, 0.3) is 11.3 Å². The first kappa shape index (κ1) is 15.6. The fourth-order valence-corrected chi connectivity index (χ4v) is 2.88. The van der Waals surface area contributed by atoms with Crippen molar-refractivity contribution in [1.29, 1.82) is 0 Å². The quantitative estimate of drug-likeness (QED) is 0.904. The average molecular weight is 314 g/mol. The van der Waals surface area contributed by atoms with Crippen LogP contribution in [0.2, 0.25) is 0 Å². The predicted octanol–water partition coefficient (Wildman–Crippen LogP) is 4.16. The van der Waals surface area contributed by atoms with Crippen molar-refractivity contribution in [3.8, 4) is 11.3 Å². The van der Waals surface area contributed by atoms with Crippen molar-refractivity contribution >= 4 is 6.09 Å². The summed E-state index contributed by atoms with van der Waals surface area (Å²) in [6.45, 7) is 7.47. The van der Waals surface area contributed by atoms with E-state index in [0.29, 0.717) is 0 Å². The van der Waals surface area contributed by atoms with E-state index < -0.39 is 5.60 Å². The number of aryl methyl sites for hydroxylation is 2. The minimum atomic E-state index is -0.486. The highest BCUT2D eigenvalue weighted by Crippen LogP contribution is 2.34. The zero-order valence-electron chi connectivity index (χ0n) is 14.0. The second-order valence-electron chi connectivity index (χ2n) is 6.97. The third-order valence-corrected chi connectivity index (χ3v) is 3.84. The Kier molecular flexibility index (Phi) is 3.88. The van der Waals surface area contributed by atoms with Crippen LogP contribution in [0.3, 0.4) is 0 Å². The maximum absolute atomic E-state index is 12.0. The first-order valence-electron chi connectivity index (χ1n) is 7.88. The van der Waals surface area contributed by atoms with Gasteiger partial charge in [-0.3, -0.25) is 0 Å². The Morgan fingerprint density at radius 2 is 2.13 bits per heavy atom. The number of alkyl carbamates (subject to hydrolysis) is 1. The molecule has 0 bridgehead atoms. The zero-order chi connectivity index (χ0) is 16.6. The minimum absolute atomic E-state index is 0.00736. The summed E-state index contributed by atoms with van der Waals surface area (Å²) in [5, 5.41) is 7.01. The Balaban J connectivity index is 1.75. The molecule has 1 aliphatic carbocycles. The fraction of sp³-hybridized carbons (Fsp3) is 0.444. The molecule has 0 fully saturated rings. The lowest BCUT2D eigenvalue weighted by molar-refractivity contribution is 0.0503. The monoisotopic (exact) mass is 314 g/mol. The number of hydrogen-bond acceptors (Lipinski definition) is 4. The fourth-order valence-electron chi connectivity index (χ4n) is 2.88. The molecule has 1 atom stereocenters. The second kappa shape index (κ2) is 5.72. The van der Waals surface area contributed by atoms with Gasteiger partial charge in [-0.1, -0.05) is 17.3 Å². The standard InChI is InChI=1S/C18H22N2O3/c1-11-9-16(20-23-11)13-5-7-14-12(10-13)6-8-15(14)19-17(21)22-18(2,3)4/h5,7,9-10,15H,6,8H2,1-4H3,(H,19,21)/t15-/m1/s1. The first-order valence-corrected chi connectivity index (χ1v) is 7.88. The smallest absolute Gasteiger partial charge is 0.408 e. The third kappa shape index (κ3) is 3.55. The van der Waals surface area contributed by atoms with E-state index in [0.717, 1.165) is 35.4 Å². The van der Waals surface area contributed by atoms with Crippen LogP contribution in [0.5, 0.6) is 0 Å². The zero-order valence-corrected chi connectivity index (χ0v) is 14.0. The molecular weight excluding hydrogens is 292 g/mol. The van der Waals surface area contributed by atoms with Gasteiger partial charge in [-0.25, -0.2) is 4.79 Å². The van der Waals surface area contributed by atoms with Gasteiger partial charge in [-0.15, -0.1) is 0 Å². The van der Waals surface area contributed by atoms with Crippen LogP contribution < -0.4 is 5.32 Å². The third-order valence-electron chi connectivity index (χ3n) is 3.84. The Labute approximate surface area is 136 Å². The minimum Gasteiger partial charge on any atom is -0.444 e. The lowest BCUT2D eigenvalue weighted by atomic mass is 10.0. The topological polar surface area (TPSA) is 64.4 Å². The number of amides is 1. The lowest BCUT2D eigenvalue weighted by Gasteiger charge is -2.22. The lowest BCUT2D eigenvalue weighted by Crippen LogP contribution is -2.34. The Morgan fingerprint density at radius 3 is 2.78 bits per heavy atom. The Morgan fingerprint density at radius 1 is 1.35 bits per heavy atom. The van der Waals surface area contributed by atoms with Crippen LogP contribution in [-0.4, -0.2) is 16.9 Å². The molecule has 122 valence electrons. The van der Waals surface area contributed by atoms with Gasteiger partial charge >= 0.3 is 6.09 Å². The van der Waals surface area contributed by atoms with Gasteiger partial charge < -0.3 is 14.6 Å². The van der Waals surface area contributed by atoms with Crippen LogP contribution in [0, 0.1) is 6.92 Å². The molecule has 1 N–H and O–H groups in total. The summed E-state index contributed by atoms with van der Waals surface area (Å²) in [6, 6.07) is 8.14. The van der Waals surface area contributed by atoms with Crippen molar-refractivity contribution in [2.45, 2.75) is 52.2 Å². The van der Waals surface area contributed by atoms with Crippen LogP contribution in [0.15, 0.2) is 28.8 Å². The number of carbonyl (C=O) groups excluding carboxylic acids is 1. The van der Waals surface area contributed by atoms with Crippen LogP contribution >= 0.6 is 0 Å². The maximum Gasteiger partial charge on any atom is 0.408 e. The molecule has 0 unspecified atom stereocenters. The number of fused-ring (bicyclic) bond motifs is 1. The van der Waals surface area contributed by atoms with Crippen molar-refractivity contribution in [2.24, 2.45) is 0 Å². The number of rotatable bonds is 2. The second-order valence-corrected chi connectivity index (χ2v) is 6.97. The van der Waals surface area contributed by atoms with Crippen molar-refractivity contribution in [1.82, 2.24) is 10.5 Å². The van der Waals surface area contributed by atoms with Gasteiger partial charge in [0.05, 0.1) is 6.04 Å². The molecule has 0 spiro atoms. The number of carbonyl (C=O) groups is 1. The molecule has 0 radical (unpaired) electrons. The molecule has 5 nitrogen and oxygen atoms in total. The maximum atomic E-state index is 12.0. The number of hydrogen-bond donors (Lipinski definition) is 1. The SMILES string of the molecule is Cc1cc(-c2ccc3c(c2)CC[C@H]3NC(=O)OC(C)(C)C)no1. The highest BCUT2D eigenvalue weighted by atomic mass is 16.6. The van der Waals surface area contributed by atoms with Crippen molar-refractivity contribution in [3.63, 3.8) is 0 Å². The van der Waals surface area contributed by atoms with Gasteiger partial charge in [0.1, 0.15) is 17.1 Å². The summed E-state index contributed by atoms with van der Waals surface area (Å²) >= 11 is 0. The molecule has 3 rings (SSSR count). The molecular formula is C18H22N2O3. The van der Waals surface area contributed by atoms with Gasteiger partial charge in [-0.2, -0.15) is 0 Å². The van der Waals surface area contributed by atoms with Crippen molar-refractivity contribution in [3.05, 3.63) is 41.2 Å². The molecule has 0 saturated carbocycles. The van der Waals surface area contributed by atoms with Gasteiger partial charge in [0, 0.05) is 11.6 Å². The molecule has 23 heavy (non-hydrogen) atoms. The van der Waals surface area contributed by atoms with Crippen molar-refractivity contribution < 1.29 is 14.1 Å². The largest absolute Gasteiger partial charge is 0.444 e. The molecule has 5 heteroatoms. The number of benzene rings is 1. The molecule has 0 aliphatic heterocycles. The van der Waals surface area contributed by atoms with E-state index >= 15 is 0 Å². The number of aromatic nitrogens is 1. The summed E-state index contributed by atoms with van der Waals surface area (Å²) in [4.78, 5) is 12.0. The Hall–Kier alpha value is -2.30. The molecule has 1 heterocycles.